The van der Waals surface area contributed by atoms with E-state index in [-0.39, 0.29) is 18.1 Å². The molecule has 0 saturated heterocycles. The van der Waals surface area contributed by atoms with Gasteiger partial charge in [0.1, 0.15) is 0 Å². The van der Waals surface area contributed by atoms with Gasteiger partial charge in [-0.2, -0.15) is 11.3 Å². The molecule has 0 saturated carbocycles. The summed E-state index contributed by atoms with van der Waals surface area (Å²) in [6.07, 6.45) is 0.477. The predicted molar refractivity (Wildman–Crippen MR) is 92.9 cm³/mol. The Morgan fingerprint density at radius 2 is 2.12 bits per heavy atom. The Morgan fingerprint density at radius 1 is 1.33 bits per heavy atom. The Hall–Kier alpha value is -2.44. The largest absolute Gasteiger partial charge is 0.388 e. The van der Waals surface area contributed by atoms with E-state index in [1.54, 1.807) is 24.3 Å². The molecule has 2 aromatic heterocycles. The molecule has 0 aliphatic heterocycles. The molecule has 3 rings (SSSR count). The van der Waals surface area contributed by atoms with Gasteiger partial charge >= 0.3 is 0 Å². The second kappa shape index (κ2) is 6.98. The van der Waals surface area contributed by atoms with E-state index in [9.17, 15) is 9.90 Å². The summed E-state index contributed by atoms with van der Waals surface area (Å²) in [6, 6.07) is 13.0. The average molecular weight is 342 g/mol. The first-order valence-corrected chi connectivity index (χ1v) is 8.52. The molecule has 0 aliphatic carbocycles. The van der Waals surface area contributed by atoms with Crippen molar-refractivity contribution in [3.8, 4) is 11.3 Å². The van der Waals surface area contributed by atoms with Crippen LogP contribution < -0.4 is 5.32 Å². The van der Waals surface area contributed by atoms with Gasteiger partial charge in [0.05, 0.1) is 5.60 Å². The minimum absolute atomic E-state index is 0.134. The lowest BCUT2D eigenvalue weighted by Gasteiger charge is -2.22. The number of carbonyl (C=O) groups excluding carboxylic acids is 1. The maximum Gasteiger partial charge on any atom is 0.273 e. The van der Waals surface area contributed by atoms with Gasteiger partial charge in [0.15, 0.2) is 11.5 Å². The van der Waals surface area contributed by atoms with Crippen molar-refractivity contribution in [1.82, 2.24) is 10.5 Å². The molecule has 24 heavy (non-hydrogen) atoms. The quantitative estimate of drug-likeness (QED) is 0.722. The number of aromatic nitrogens is 1. The van der Waals surface area contributed by atoms with Crippen molar-refractivity contribution in [3.63, 3.8) is 0 Å². The lowest BCUT2D eigenvalue weighted by atomic mass is 9.98. The molecule has 0 radical (unpaired) electrons. The Balaban J connectivity index is 1.60. The smallest absolute Gasteiger partial charge is 0.273 e. The molecule has 3 aromatic rings. The second-order valence-electron chi connectivity index (χ2n) is 5.93. The first-order valence-electron chi connectivity index (χ1n) is 7.57. The van der Waals surface area contributed by atoms with Crippen molar-refractivity contribution >= 4 is 17.2 Å². The Kier molecular flexibility index (Phi) is 4.78. The third-order valence-electron chi connectivity index (χ3n) is 3.60. The van der Waals surface area contributed by atoms with E-state index >= 15 is 0 Å². The van der Waals surface area contributed by atoms with Crippen molar-refractivity contribution in [1.29, 1.82) is 0 Å². The van der Waals surface area contributed by atoms with Crippen molar-refractivity contribution in [3.05, 3.63) is 64.5 Å². The van der Waals surface area contributed by atoms with Crippen LogP contribution in [0.5, 0.6) is 0 Å². The van der Waals surface area contributed by atoms with E-state index < -0.39 is 5.60 Å². The van der Waals surface area contributed by atoms with Crippen molar-refractivity contribution in [2.45, 2.75) is 18.9 Å². The second-order valence-corrected chi connectivity index (χ2v) is 6.71. The molecule has 1 amide bonds. The third kappa shape index (κ3) is 4.10. The molecule has 124 valence electrons. The normalized spacial score (nSPS) is 13.4. The number of nitrogens with zero attached hydrogens (tertiary/aromatic N) is 1. The van der Waals surface area contributed by atoms with E-state index in [1.807, 2.05) is 47.2 Å². The van der Waals surface area contributed by atoms with Gasteiger partial charge in [-0.1, -0.05) is 35.5 Å². The lowest BCUT2D eigenvalue weighted by Crippen LogP contribution is -2.42. The van der Waals surface area contributed by atoms with Crippen LogP contribution in [0.3, 0.4) is 0 Å². The van der Waals surface area contributed by atoms with Gasteiger partial charge in [-0.25, -0.2) is 0 Å². The molecule has 1 unspecified atom stereocenters. The number of aliphatic hydroxyl groups is 1. The highest BCUT2D eigenvalue weighted by Gasteiger charge is 2.23. The highest BCUT2D eigenvalue weighted by atomic mass is 32.1. The van der Waals surface area contributed by atoms with Gasteiger partial charge in [-0.15, -0.1) is 0 Å². The molecule has 0 bridgehead atoms. The number of carbonyl (C=O) groups is 1. The zero-order valence-electron chi connectivity index (χ0n) is 13.2. The van der Waals surface area contributed by atoms with Crippen LogP contribution in [0.2, 0.25) is 0 Å². The maximum absolute atomic E-state index is 12.2. The molecular formula is C18H18N2O3S. The van der Waals surface area contributed by atoms with Gasteiger partial charge in [-0.05, 0) is 29.3 Å². The summed E-state index contributed by atoms with van der Waals surface area (Å²) in [5, 5.41) is 20.9. The maximum atomic E-state index is 12.2. The monoisotopic (exact) mass is 342 g/mol. The van der Waals surface area contributed by atoms with Crippen molar-refractivity contribution < 1.29 is 14.4 Å². The molecular weight excluding hydrogens is 324 g/mol. The van der Waals surface area contributed by atoms with Crippen LogP contribution in [0.1, 0.15) is 23.0 Å². The van der Waals surface area contributed by atoms with Crippen LogP contribution >= 0.6 is 11.3 Å². The van der Waals surface area contributed by atoms with Crippen LogP contribution in [0.15, 0.2) is 57.7 Å². The number of amides is 1. The average Bonchev–Trinajstić information content (AvgIpc) is 3.25. The first-order chi connectivity index (χ1) is 11.5. The van der Waals surface area contributed by atoms with Crippen LogP contribution in [0.4, 0.5) is 0 Å². The minimum Gasteiger partial charge on any atom is -0.388 e. The number of benzene rings is 1. The van der Waals surface area contributed by atoms with Gasteiger partial charge < -0.3 is 14.9 Å². The zero-order valence-corrected chi connectivity index (χ0v) is 14.0. The first kappa shape index (κ1) is 16.4. The summed E-state index contributed by atoms with van der Waals surface area (Å²) in [4.78, 5) is 12.2. The molecule has 1 aromatic carbocycles. The molecule has 5 nitrogen and oxygen atoms in total. The fraction of sp³-hybridized carbons (Fsp3) is 0.222. The fourth-order valence-electron chi connectivity index (χ4n) is 2.38. The number of rotatable bonds is 6. The summed E-state index contributed by atoms with van der Waals surface area (Å²) in [5.41, 5.74) is 1.07. The highest BCUT2D eigenvalue weighted by Crippen LogP contribution is 2.20. The van der Waals surface area contributed by atoms with Crippen molar-refractivity contribution in [2.24, 2.45) is 0 Å². The standard InChI is InChI=1S/C18H18N2O3S/c1-18(22,10-13-7-8-24-11-13)12-19-17(21)15-9-16(23-20-15)14-5-3-2-4-6-14/h2-9,11,22H,10,12H2,1H3,(H,19,21). The van der Waals surface area contributed by atoms with Crippen molar-refractivity contribution in [2.75, 3.05) is 6.54 Å². The molecule has 2 N–H and O–H groups in total. The Bertz CT molecular complexity index is 795. The highest BCUT2D eigenvalue weighted by molar-refractivity contribution is 7.07. The van der Waals surface area contributed by atoms with Gasteiger partial charge in [0.25, 0.3) is 5.91 Å². The predicted octanol–water partition coefficient (Wildman–Crippen LogP) is 3.13. The van der Waals surface area contributed by atoms with E-state index in [1.165, 1.54) is 0 Å². The van der Waals surface area contributed by atoms with Gasteiger partial charge in [-0.3, -0.25) is 4.79 Å². The van der Waals surface area contributed by atoms with Gasteiger partial charge in [0, 0.05) is 24.6 Å². The molecule has 0 spiro atoms. The van der Waals surface area contributed by atoms with Gasteiger partial charge in [0.2, 0.25) is 0 Å². The summed E-state index contributed by atoms with van der Waals surface area (Å²) in [6.45, 7) is 1.83. The minimum atomic E-state index is -1.03. The fourth-order valence-corrected chi connectivity index (χ4v) is 3.05. The summed E-state index contributed by atoms with van der Waals surface area (Å²) < 4.78 is 5.22. The summed E-state index contributed by atoms with van der Waals surface area (Å²) >= 11 is 1.58. The number of hydrogen-bond acceptors (Lipinski definition) is 5. The van der Waals surface area contributed by atoms with Crippen LogP contribution in [0, 0.1) is 0 Å². The van der Waals surface area contributed by atoms with Crippen LogP contribution in [0.25, 0.3) is 11.3 Å². The lowest BCUT2D eigenvalue weighted by molar-refractivity contribution is 0.0551. The van der Waals surface area contributed by atoms with E-state index in [4.69, 9.17) is 4.52 Å². The Labute approximate surface area is 143 Å². The van der Waals surface area contributed by atoms with E-state index in [0.29, 0.717) is 12.2 Å². The van der Waals surface area contributed by atoms with E-state index in [2.05, 4.69) is 10.5 Å². The molecule has 6 heteroatoms. The van der Waals surface area contributed by atoms with E-state index in [0.717, 1.165) is 11.1 Å². The molecule has 0 aliphatic rings. The molecule has 1 atom stereocenters. The SMILES string of the molecule is CC(O)(CNC(=O)c1cc(-c2ccccc2)on1)Cc1ccsc1. The Morgan fingerprint density at radius 3 is 2.83 bits per heavy atom. The summed E-state index contributed by atoms with van der Waals surface area (Å²) in [5.74, 6) is 0.164. The van der Waals surface area contributed by atoms with Crippen LogP contribution in [-0.4, -0.2) is 28.3 Å². The third-order valence-corrected chi connectivity index (χ3v) is 4.33. The number of hydrogen-bond donors (Lipinski definition) is 2. The molecule has 2 heterocycles. The number of nitrogens with one attached hydrogen (secondary N) is 1. The molecule has 0 fully saturated rings. The number of thiophene rings is 1. The topological polar surface area (TPSA) is 75.4 Å². The summed E-state index contributed by atoms with van der Waals surface area (Å²) in [7, 11) is 0. The van der Waals surface area contributed by atoms with Crippen LogP contribution in [-0.2, 0) is 6.42 Å². The zero-order chi connectivity index (χ0) is 17.0.